The van der Waals surface area contributed by atoms with E-state index in [1.54, 1.807) is 11.8 Å². The molecular formula is C13H26O2S. The highest BCUT2D eigenvalue weighted by Crippen LogP contribution is 2.33. The number of carbonyl (C=O) groups is 1. The molecule has 0 bridgehead atoms. The minimum atomic E-state index is -0.643. The number of carboxylic acids is 1. The first-order valence-corrected chi connectivity index (χ1v) is 7.48. The third kappa shape index (κ3) is 5.24. The molecule has 0 unspecified atom stereocenters. The van der Waals surface area contributed by atoms with Crippen molar-refractivity contribution >= 4 is 17.7 Å². The van der Waals surface area contributed by atoms with Crippen molar-refractivity contribution in [3.8, 4) is 0 Å². The predicted octanol–water partition coefficient (Wildman–Crippen LogP) is 4.33. The quantitative estimate of drug-likeness (QED) is 0.583. The lowest BCUT2D eigenvalue weighted by molar-refractivity contribution is -0.140. The van der Waals surface area contributed by atoms with Gasteiger partial charge in [-0.05, 0) is 25.0 Å². The lowest BCUT2D eigenvalue weighted by atomic mass is 10.0. The maximum Gasteiger partial charge on any atom is 0.319 e. The fraction of sp³-hybridized carbons (Fsp3) is 0.923. The van der Waals surface area contributed by atoms with E-state index in [0.29, 0.717) is 0 Å². The zero-order valence-corrected chi connectivity index (χ0v) is 11.7. The molecule has 0 radical (unpaired) electrons. The summed E-state index contributed by atoms with van der Waals surface area (Å²) < 4.78 is -0.537. The Morgan fingerprint density at radius 2 is 1.62 bits per heavy atom. The highest BCUT2D eigenvalue weighted by atomic mass is 32.2. The maximum absolute atomic E-state index is 11.2. The summed E-state index contributed by atoms with van der Waals surface area (Å²) in [5.41, 5.74) is 0. The summed E-state index contributed by atoms with van der Waals surface area (Å²) in [5.74, 6) is 0.341. The first kappa shape index (κ1) is 15.8. The van der Waals surface area contributed by atoms with Crippen molar-refractivity contribution in [2.45, 2.75) is 70.5 Å². The maximum atomic E-state index is 11.2. The Bertz CT molecular complexity index is 188. The van der Waals surface area contributed by atoms with Gasteiger partial charge in [-0.15, -0.1) is 11.8 Å². The number of hydrogen-bond donors (Lipinski definition) is 1. The Labute approximate surface area is 104 Å². The molecule has 0 heterocycles. The number of aliphatic carboxylic acids is 1. The summed E-state index contributed by atoms with van der Waals surface area (Å²) in [5, 5.41) is 9.24. The van der Waals surface area contributed by atoms with Crippen LogP contribution in [0.15, 0.2) is 0 Å². The van der Waals surface area contributed by atoms with Crippen LogP contribution in [0.5, 0.6) is 0 Å². The van der Waals surface area contributed by atoms with E-state index in [9.17, 15) is 9.90 Å². The monoisotopic (exact) mass is 246 g/mol. The minimum absolute atomic E-state index is 0.537. The number of unbranched alkanes of at least 4 members (excludes halogenated alkanes) is 4. The van der Waals surface area contributed by atoms with Crippen LogP contribution in [0.25, 0.3) is 0 Å². The SMILES string of the molecule is CCCCCCCSC(CC)(CC)C(=O)O. The Morgan fingerprint density at radius 1 is 1.06 bits per heavy atom. The largest absolute Gasteiger partial charge is 0.480 e. The van der Waals surface area contributed by atoms with Crippen LogP contribution in [0, 0.1) is 0 Å². The summed E-state index contributed by atoms with van der Waals surface area (Å²) in [7, 11) is 0. The van der Waals surface area contributed by atoms with Crippen molar-refractivity contribution in [1.82, 2.24) is 0 Å². The molecule has 2 nitrogen and oxygen atoms in total. The first-order valence-electron chi connectivity index (χ1n) is 6.50. The predicted molar refractivity (Wildman–Crippen MR) is 72.2 cm³/mol. The molecule has 16 heavy (non-hydrogen) atoms. The zero-order valence-electron chi connectivity index (χ0n) is 10.9. The Balaban J connectivity index is 3.81. The Kier molecular flexibility index (Phi) is 8.81. The normalized spacial score (nSPS) is 11.7. The molecule has 0 aliphatic carbocycles. The summed E-state index contributed by atoms with van der Waals surface area (Å²) in [6.07, 6.45) is 7.68. The van der Waals surface area contributed by atoms with Crippen molar-refractivity contribution in [2.24, 2.45) is 0 Å². The van der Waals surface area contributed by atoms with Crippen molar-refractivity contribution in [3.05, 3.63) is 0 Å². The average Bonchev–Trinajstić information content (AvgIpc) is 2.28. The lowest BCUT2D eigenvalue weighted by Gasteiger charge is -2.25. The van der Waals surface area contributed by atoms with Crippen LogP contribution in [0.4, 0.5) is 0 Å². The molecule has 0 saturated carbocycles. The second-order valence-electron chi connectivity index (χ2n) is 4.27. The molecule has 0 aromatic carbocycles. The Morgan fingerprint density at radius 3 is 2.06 bits per heavy atom. The lowest BCUT2D eigenvalue weighted by Crippen LogP contribution is -2.33. The molecule has 0 amide bonds. The number of thioether (sulfide) groups is 1. The van der Waals surface area contributed by atoms with Gasteiger partial charge in [0.25, 0.3) is 0 Å². The summed E-state index contributed by atoms with van der Waals surface area (Å²) >= 11 is 1.64. The fourth-order valence-electron chi connectivity index (χ4n) is 1.79. The topological polar surface area (TPSA) is 37.3 Å². The molecule has 0 aliphatic heterocycles. The van der Waals surface area contributed by atoms with Crippen LogP contribution in [-0.2, 0) is 4.79 Å². The van der Waals surface area contributed by atoms with Crippen LogP contribution >= 0.6 is 11.8 Å². The van der Waals surface area contributed by atoms with E-state index >= 15 is 0 Å². The van der Waals surface area contributed by atoms with Crippen LogP contribution in [0.3, 0.4) is 0 Å². The van der Waals surface area contributed by atoms with Crippen LogP contribution in [0.2, 0.25) is 0 Å². The van der Waals surface area contributed by atoms with Gasteiger partial charge in [-0.25, -0.2) is 0 Å². The average molecular weight is 246 g/mol. The van der Waals surface area contributed by atoms with Crippen molar-refractivity contribution in [1.29, 1.82) is 0 Å². The van der Waals surface area contributed by atoms with Crippen molar-refractivity contribution in [2.75, 3.05) is 5.75 Å². The number of rotatable bonds is 10. The van der Waals surface area contributed by atoms with Gasteiger partial charge in [0.05, 0.1) is 0 Å². The van der Waals surface area contributed by atoms with E-state index in [1.807, 2.05) is 13.8 Å². The highest BCUT2D eigenvalue weighted by molar-refractivity contribution is 8.01. The van der Waals surface area contributed by atoms with Gasteiger partial charge >= 0.3 is 5.97 Å². The summed E-state index contributed by atoms with van der Waals surface area (Å²) in [6, 6.07) is 0. The van der Waals surface area contributed by atoms with E-state index in [1.165, 1.54) is 25.7 Å². The smallest absolute Gasteiger partial charge is 0.319 e. The second-order valence-corrected chi connectivity index (χ2v) is 5.75. The van der Waals surface area contributed by atoms with Crippen molar-refractivity contribution < 1.29 is 9.90 Å². The molecule has 0 aromatic heterocycles. The van der Waals surface area contributed by atoms with Gasteiger partial charge in [-0.2, -0.15) is 0 Å². The molecular weight excluding hydrogens is 220 g/mol. The highest BCUT2D eigenvalue weighted by Gasteiger charge is 2.34. The molecule has 0 atom stereocenters. The van der Waals surface area contributed by atoms with Gasteiger partial charge in [0.1, 0.15) is 4.75 Å². The number of carboxylic acid groups (broad SMARTS) is 1. The van der Waals surface area contributed by atoms with Gasteiger partial charge in [-0.1, -0.05) is 46.5 Å². The van der Waals surface area contributed by atoms with E-state index < -0.39 is 10.7 Å². The molecule has 1 N–H and O–H groups in total. The molecule has 0 saturated heterocycles. The summed E-state index contributed by atoms with van der Waals surface area (Å²) in [6.45, 7) is 6.15. The molecule has 96 valence electrons. The standard InChI is InChI=1S/C13H26O2S/c1-4-7-8-9-10-11-16-13(5-2,6-3)12(14)15/h4-11H2,1-3H3,(H,14,15). The fourth-order valence-corrected chi connectivity index (χ4v) is 3.06. The summed E-state index contributed by atoms with van der Waals surface area (Å²) in [4.78, 5) is 11.2. The Hall–Kier alpha value is -0.180. The van der Waals surface area contributed by atoms with Gasteiger partial charge in [0, 0.05) is 0 Å². The first-order chi connectivity index (χ1) is 7.63. The zero-order chi connectivity index (χ0) is 12.4. The molecule has 0 aliphatic rings. The van der Waals surface area contributed by atoms with E-state index in [-0.39, 0.29) is 0 Å². The van der Waals surface area contributed by atoms with Crippen LogP contribution in [-0.4, -0.2) is 21.6 Å². The van der Waals surface area contributed by atoms with Gasteiger partial charge < -0.3 is 5.11 Å². The minimum Gasteiger partial charge on any atom is -0.480 e. The third-order valence-electron chi connectivity index (χ3n) is 3.16. The van der Waals surface area contributed by atoms with Gasteiger partial charge in [-0.3, -0.25) is 4.79 Å². The number of hydrogen-bond acceptors (Lipinski definition) is 2. The van der Waals surface area contributed by atoms with Crippen molar-refractivity contribution in [3.63, 3.8) is 0 Å². The second kappa shape index (κ2) is 8.91. The molecule has 0 spiro atoms. The molecule has 3 heteroatoms. The van der Waals surface area contributed by atoms with Gasteiger partial charge in [0.15, 0.2) is 0 Å². The van der Waals surface area contributed by atoms with Crippen LogP contribution < -0.4 is 0 Å². The van der Waals surface area contributed by atoms with E-state index in [4.69, 9.17) is 0 Å². The molecule has 0 fully saturated rings. The van der Waals surface area contributed by atoms with E-state index in [0.717, 1.165) is 25.0 Å². The van der Waals surface area contributed by atoms with Gasteiger partial charge in [0.2, 0.25) is 0 Å². The third-order valence-corrected chi connectivity index (χ3v) is 4.96. The molecule has 0 aromatic rings. The molecule has 0 rings (SSSR count). The van der Waals surface area contributed by atoms with Crippen LogP contribution in [0.1, 0.15) is 65.7 Å². The van der Waals surface area contributed by atoms with E-state index in [2.05, 4.69) is 6.92 Å².